The summed E-state index contributed by atoms with van der Waals surface area (Å²) >= 11 is 0. The van der Waals surface area contributed by atoms with Crippen LogP contribution in [-0.4, -0.2) is 15.1 Å². The van der Waals surface area contributed by atoms with Gasteiger partial charge in [0.05, 0.1) is 18.5 Å². The first-order chi connectivity index (χ1) is 8.94. The van der Waals surface area contributed by atoms with E-state index in [4.69, 9.17) is 0 Å². The van der Waals surface area contributed by atoms with Gasteiger partial charge >= 0.3 is 0 Å². The Morgan fingerprint density at radius 3 is 2.42 bits per heavy atom. The maximum atomic E-state index is 9.26. The van der Waals surface area contributed by atoms with Crippen molar-refractivity contribution in [2.24, 2.45) is 16.7 Å². The van der Waals surface area contributed by atoms with E-state index in [0.29, 0.717) is 10.8 Å². The van der Waals surface area contributed by atoms with Crippen molar-refractivity contribution in [3.63, 3.8) is 0 Å². The van der Waals surface area contributed by atoms with E-state index in [9.17, 15) is 5.11 Å². The Bertz CT molecular complexity index is 503. The summed E-state index contributed by atoms with van der Waals surface area (Å²) in [6, 6.07) is 0. The first-order valence-electron chi connectivity index (χ1n) is 7.60. The van der Waals surface area contributed by atoms with Crippen molar-refractivity contribution in [2.75, 3.05) is 0 Å². The van der Waals surface area contributed by atoms with Gasteiger partial charge in [0.1, 0.15) is 5.82 Å². The lowest BCUT2D eigenvalue weighted by Crippen LogP contribution is -2.57. The fraction of sp³-hybridized carbons (Fsp3) is 0.812. The van der Waals surface area contributed by atoms with E-state index in [-0.39, 0.29) is 12.0 Å². The van der Waals surface area contributed by atoms with Gasteiger partial charge in [0.25, 0.3) is 0 Å². The van der Waals surface area contributed by atoms with Crippen LogP contribution >= 0.6 is 0 Å². The topological polar surface area (TPSA) is 48.9 Å². The number of aromatic nitrogens is 2. The number of rotatable bonds is 2. The molecule has 4 fully saturated rings. The SMILES string of the molecule is CC12CC3CC(C)(C1)CC(c1ncc(CO)[nH]1)(C3)C2. The second-order valence-corrected chi connectivity index (χ2v) is 8.33. The zero-order valence-corrected chi connectivity index (χ0v) is 12.0. The van der Waals surface area contributed by atoms with Gasteiger partial charge in [-0.1, -0.05) is 13.8 Å². The molecule has 0 aromatic carbocycles. The predicted molar refractivity (Wildman–Crippen MR) is 73.6 cm³/mol. The minimum absolute atomic E-state index is 0.0705. The van der Waals surface area contributed by atoms with Crippen molar-refractivity contribution in [3.05, 3.63) is 17.7 Å². The molecular weight excluding hydrogens is 236 g/mol. The van der Waals surface area contributed by atoms with Crippen LogP contribution in [0.3, 0.4) is 0 Å². The molecule has 2 N–H and O–H groups in total. The molecule has 4 saturated carbocycles. The molecule has 0 saturated heterocycles. The third-order valence-electron chi connectivity index (χ3n) is 5.93. The lowest BCUT2D eigenvalue weighted by Gasteiger charge is -2.64. The normalized spacial score (nSPS) is 47.8. The van der Waals surface area contributed by atoms with Crippen LogP contribution in [0.4, 0.5) is 0 Å². The summed E-state index contributed by atoms with van der Waals surface area (Å²) in [6.45, 7) is 5.04. The molecule has 104 valence electrons. The lowest BCUT2D eigenvalue weighted by atomic mass is 9.40. The highest BCUT2D eigenvalue weighted by atomic mass is 16.3. The Kier molecular flexibility index (Phi) is 2.16. The molecule has 2 atom stereocenters. The Morgan fingerprint density at radius 2 is 1.89 bits per heavy atom. The van der Waals surface area contributed by atoms with E-state index in [1.165, 1.54) is 38.5 Å². The van der Waals surface area contributed by atoms with E-state index in [0.717, 1.165) is 17.4 Å². The van der Waals surface area contributed by atoms with Crippen LogP contribution in [0.15, 0.2) is 6.20 Å². The minimum atomic E-state index is 0.0705. The number of aliphatic hydroxyl groups is 1. The molecule has 1 aromatic rings. The Hall–Kier alpha value is -0.830. The molecule has 0 aliphatic heterocycles. The molecule has 4 aliphatic rings. The molecule has 1 heterocycles. The van der Waals surface area contributed by atoms with E-state index in [2.05, 4.69) is 23.8 Å². The highest BCUT2D eigenvalue weighted by Crippen LogP contribution is 2.69. The van der Waals surface area contributed by atoms with Gasteiger partial charge in [-0.3, -0.25) is 0 Å². The van der Waals surface area contributed by atoms with Crippen molar-refractivity contribution in [1.29, 1.82) is 0 Å². The standard InChI is InChI=1S/C16H24N2O/c1-14-3-11-4-15(2,8-14)10-16(5-11,9-14)13-17-6-12(7-19)18-13/h6,11,19H,3-5,7-10H2,1-2H3,(H,17,18). The molecule has 19 heavy (non-hydrogen) atoms. The minimum Gasteiger partial charge on any atom is -0.390 e. The Morgan fingerprint density at radius 1 is 1.21 bits per heavy atom. The van der Waals surface area contributed by atoms with Gasteiger partial charge in [-0.05, 0) is 55.3 Å². The fourth-order valence-electron chi connectivity index (χ4n) is 6.42. The Labute approximate surface area is 114 Å². The van der Waals surface area contributed by atoms with E-state index in [1.54, 1.807) is 0 Å². The average Bonchev–Trinajstić information content (AvgIpc) is 2.72. The van der Waals surface area contributed by atoms with Crippen LogP contribution in [0.1, 0.15) is 63.9 Å². The van der Waals surface area contributed by atoms with Gasteiger partial charge in [0.15, 0.2) is 0 Å². The van der Waals surface area contributed by atoms with Gasteiger partial charge in [-0.25, -0.2) is 4.98 Å². The van der Waals surface area contributed by atoms with Gasteiger partial charge in [0, 0.05) is 5.41 Å². The lowest BCUT2D eigenvalue weighted by molar-refractivity contribution is -0.112. The molecule has 0 radical (unpaired) electrons. The number of nitrogens with one attached hydrogen (secondary N) is 1. The van der Waals surface area contributed by atoms with Gasteiger partial charge in [-0.2, -0.15) is 0 Å². The fourth-order valence-corrected chi connectivity index (χ4v) is 6.42. The molecule has 4 aliphatic carbocycles. The second kappa shape index (κ2) is 3.43. The summed E-state index contributed by atoms with van der Waals surface area (Å²) < 4.78 is 0. The van der Waals surface area contributed by atoms with Gasteiger partial charge in [-0.15, -0.1) is 0 Å². The Balaban J connectivity index is 1.78. The van der Waals surface area contributed by atoms with Crippen molar-refractivity contribution < 1.29 is 5.11 Å². The first kappa shape index (κ1) is 12.0. The summed E-state index contributed by atoms with van der Waals surface area (Å²) in [7, 11) is 0. The van der Waals surface area contributed by atoms with Crippen LogP contribution in [0, 0.1) is 16.7 Å². The third-order valence-corrected chi connectivity index (χ3v) is 5.93. The van der Waals surface area contributed by atoms with Crippen molar-refractivity contribution >= 4 is 0 Å². The quantitative estimate of drug-likeness (QED) is 0.858. The molecule has 5 rings (SSSR count). The summed E-state index contributed by atoms with van der Waals surface area (Å²) in [5, 5.41) is 9.26. The zero-order valence-electron chi connectivity index (χ0n) is 12.0. The maximum Gasteiger partial charge on any atom is 0.112 e. The highest BCUT2D eigenvalue weighted by molar-refractivity contribution is 5.23. The average molecular weight is 260 g/mol. The number of hydrogen-bond donors (Lipinski definition) is 2. The van der Waals surface area contributed by atoms with Crippen molar-refractivity contribution in [3.8, 4) is 0 Å². The molecule has 0 amide bonds. The van der Waals surface area contributed by atoms with Crippen LogP contribution in [-0.2, 0) is 12.0 Å². The number of hydrogen-bond acceptors (Lipinski definition) is 2. The van der Waals surface area contributed by atoms with Crippen LogP contribution in [0.2, 0.25) is 0 Å². The number of H-pyrrole nitrogens is 1. The van der Waals surface area contributed by atoms with Crippen molar-refractivity contribution in [1.82, 2.24) is 9.97 Å². The molecule has 4 bridgehead atoms. The molecule has 1 aromatic heterocycles. The van der Waals surface area contributed by atoms with Crippen molar-refractivity contribution in [2.45, 2.75) is 64.4 Å². The first-order valence-corrected chi connectivity index (χ1v) is 7.60. The number of nitrogens with zero attached hydrogens (tertiary/aromatic N) is 1. The summed E-state index contributed by atoms with van der Waals surface area (Å²) in [5.74, 6) is 2.03. The van der Waals surface area contributed by atoms with Crippen LogP contribution < -0.4 is 0 Å². The largest absolute Gasteiger partial charge is 0.390 e. The number of aliphatic hydroxyl groups excluding tert-OH is 1. The van der Waals surface area contributed by atoms with Gasteiger partial charge in [0.2, 0.25) is 0 Å². The monoisotopic (exact) mass is 260 g/mol. The summed E-state index contributed by atoms with van der Waals surface area (Å²) in [6.07, 6.45) is 9.91. The van der Waals surface area contributed by atoms with E-state index < -0.39 is 0 Å². The third kappa shape index (κ3) is 1.63. The molecular formula is C16H24N2O. The maximum absolute atomic E-state index is 9.26. The molecule has 2 unspecified atom stereocenters. The van der Waals surface area contributed by atoms with E-state index in [1.807, 2.05) is 6.20 Å². The predicted octanol–water partition coefficient (Wildman–Crippen LogP) is 3.15. The van der Waals surface area contributed by atoms with Gasteiger partial charge < -0.3 is 10.1 Å². The van der Waals surface area contributed by atoms with Crippen LogP contribution in [0.5, 0.6) is 0 Å². The highest BCUT2D eigenvalue weighted by Gasteiger charge is 2.61. The van der Waals surface area contributed by atoms with E-state index >= 15 is 0 Å². The second-order valence-electron chi connectivity index (χ2n) is 8.33. The number of imidazole rings is 1. The summed E-state index contributed by atoms with van der Waals surface area (Å²) in [5.41, 5.74) is 2.15. The zero-order chi connectivity index (χ0) is 13.3. The number of aromatic amines is 1. The van der Waals surface area contributed by atoms with Crippen LogP contribution in [0.25, 0.3) is 0 Å². The molecule has 3 heteroatoms. The smallest absolute Gasteiger partial charge is 0.112 e. The summed E-state index contributed by atoms with van der Waals surface area (Å²) in [4.78, 5) is 8.02. The molecule has 3 nitrogen and oxygen atoms in total. The molecule has 0 spiro atoms.